The molecule has 0 saturated carbocycles. The number of ether oxygens (including phenoxy) is 1. The molecule has 4 aromatic carbocycles. The summed E-state index contributed by atoms with van der Waals surface area (Å²) < 4.78 is 5.32. The summed E-state index contributed by atoms with van der Waals surface area (Å²) in [7, 11) is 1.50. The van der Waals surface area contributed by atoms with E-state index in [-0.39, 0.29) is 12.3 Å². The molecule has 0 aliphatic carbocycles. The van der Waals surface area contributed by atoms with Gasteiger partial charge in [-0.2, -0.15) is 0 Å². The number of benzodiazepines with no additional fused rings is 1. The maximum absolute atomic E-state index is 14.0. The van der Waals surface area contributed by atoms with E-state index in [1.807, 2.05) is 67.6 Å². The minimum Gasteiger partial charge on any atom is -0.495 e. The number of rotatable bonds is 7. The predicted octanol–water partition coefficient (Wildman–Crippen LogP) is 5.22. The summed E-state index contributed by atoms with van der Waals surface area (Å²) in [6, 6.07) is 30.3. The van der Waals surface area contributed by atoms with Gasteiger partial charge in [-0.15, -0.1) is 0 Å². The molecule has 0 bridgehead atoms. The number of carbonyl (C=O) groups is 3. The van der Waals surface area contributed by atoms with Gasteiger partial charge in [0.15, 0.2) is 5.78 Å². The number of nitrogens with zero attached hydrogens (tertiary/aromatic N) is 2. The number of benzene rings is 4. The van der Waals surface area contributed by atoms with Crippen molar-refractivity contribution in [3.63, 3.8) is 0 Å². The number of aryl methyl sites for hydroxylation is 1. The first-order chi connectivity index (χ1) is 19.5. The monoisotopic (exact) mass is 532 g/mol. The molecule has 200 valence electrons. The first kappa shape index (κ1) is 26.4. The first-order valence-electron chi connectivity index (χ1n) is 12.8. The number of hydrogen-bond acceptors (Lipinski definition) is 5. The molecule has 3 amide bonds. The Labute approximate surface area is 232 Å². The van der Waals surface area contributed by atoms with Crippen molar-refractivity contribution in [3.8, 4) is 5.75 Å². The number of fused-ring (bicyclic) bond motifs is 1. The Kier molecular flexibility index (Phi) is 7.68. The fraction of sp³-hybridized carbons (Fsp3) is 0.125. The lowest BCUT2D eigenvalue weighted by Crippen LogP contribution is -2.50. The summed E-state index contributed by atoms with van der Waals surface area (Å²) >= 11 is 0. The Hall–Kier alpha value is -5.24. The number of hydrogen-bond donors (Lipinski definition) is 2. The number of nitrogens with one attached hydrogen (secondary N) is 2. The van der Waals surface area contributed by atoms with Crippen LogP contribution in [0.25, 0.3) is 0 Å². The van der Waals surface area contributed by atoms with Crippen molar-refractivity contribution >= 4 is 34.8 Å². The molecule has 8 heteroatoms. The molecule has 1 aliphatic heterocycles. The van der Waals surface area contributed by atoms with E-state index >= 15 is 0 Å². The third-order valence-corrected chi connectivity index (χ3v) is 6.63. The fourth-order valence-electron chi connectivity index (χ4n) is 4.66. The Morgan fingerprint density at radius 1 is 0.875 bits per heavy atom. The molecule has 1 heterocycles. The van der Waals surface area contributed by atoms with Crippen LogP contribution < -0.4 is 20.3 Å². The number of Topliss-reactive ketones (excluding diaryl/α,β-unsaturated/α-hetero) is 1. The number of methoxy groups -OCH3 is 1. The van der Waals surface area contributed by atoms with Crippen LogP contribution >= 0.6 is 0 Å². The van der Waals surface area contributed by atoms with E-state index in [0.29, 0.717) is 34.0 Å². The molecular weight excluding hydrogens is 504 g/mol. The Morgan fingerprint density at radius 2 is 1.55 bits per heavy atom. The molecule has 2 N–H and O–H groups in total. The zero-order chi connectivity index (χ0) is 28.1. The van der Waals surface area contributed by atoms with Crippen molar-refractivity contribution in [2.24, 2.45) is 4.99 Å². The van der Waals surface area contributed by atoms with Gasteiger partial charge in [0.05, 0.1) is 30.7 Å². The van der Waals surface area contributed by atoms with Crippen LogP contribution in [-0.2, 0) is 4.79 Å². The van der Waals surface area contributed by atoms with E-state index in [4.69, 9.17) is 9.73 Å². The lowest BCUT2D eigenvalue weighted by atomic mass is 9.99. The van der Waals surface area contributed by atoms with Crippen LogP contribution in [0.5, 0.6) is 5.75 Å². The normalized spacial score (nSPS) is 14.4. The Morgan fingerprint density at radius 3 is 2.33 bits per heavy atom. The predicted molar refractivity (Wildman–Crippen MR) is 155 cm³/mol. The summed E-state index contributed by atoms with van der Waals surface area (Å²) in [5.41, 5.74) is 4.28. The van der Waals surface area contributed by atoms with Crippen molar-refractivity contribution in [3.05, 3.63) is 125 Å². The number of ketones is 1. The Bertz CT molecular complexity index is 1600. The van der Waals surface area contributed by atoms with E-state index < -0.39 is 18.1 Å². The average Bonchev–Trinajstić information content (AvgIpc) is 3.09. The van der Waals surface area contributed by atoms with Crippen LogP contribution in [0.2, 0.25) is 0 Å². The maximum Gasteiger partial charge on any atom is 0.321 e. The van der Waals surface area contributed by atoms with E-state index in [0.717, 1.165) is 11.1 Å². The van der Waals surface area contributed by atoms with Crippen LogP contribution in [-0.4, -0.2) is 43.3 Å². The van der Waals surface area contributed by atoms with Gasteiger partial charge in [-0.05, 0) is 30.7 Å². The van der Waals surface area contributed by atoms with Gasteiger partial charge in [-0.25, -0.2) is 9.79 Å². The van der Waals surface area contributed by atoms with Crippen LogP contribution in [0.4, 0.5) is 16.2 Å². The Balaban J connectivity index is 1.54. The summed E-state index contributed by atoms with van der Waals surface area (Å²) in [6.07, 6.45) is -1.30. The van der Waals surface area contributed by atoms with E-state index in [1.165, 1.54) is 12.0 Å². The molecule has 0 unspecified atom stereocenters. The standard InChI is InChI=1S/C32H28N4O4/c1-21-12-6-7-15-23(21)27(37)20-36-26-18-10-8-16-24(26)29(22-13-4-3-5-14-22)34-30(31(36)38)35-32(39)33-25-17-9-11-19-28(25)40-2/h3-19,30H,20H2,1-2H3,(H2,33,35,39)/t30-/m0/s1. The smallest absolute Gasteiger partial charge is 0.321 e. The van der Waals surface area contributed by atoms with Crippen molar-refractivity contribution in [2.75, 3.05) is 23.9 Å². The molecule has 8 nitrogen and oxygen atoms in total. The molecule has 4 aromatic rings. The topological polar surface area (TPSA) is 100 Å². The highest BCUT2D eigenvalue weighted by molar-refractivity contribution is 6.21. The molecule has 40 heavy (non-hydrogen) atoms. The van der Waals surface area contributed by atoms with Crippen LogP contribution in [0.15, 0.2) is 108 Å². The van der Waals surface area contributed by atoms with Crippen LogP contribution in [0.1, 0.15) is 27.0 Å². The number of anilines is 2. The number of aliphatic imine (C=N–C) groups is 1. The molecule has 5 rings (SSSR count). The lowest BCUT2D eigenvalue weighted by molar-refractivity contribution is -0.120. The number of para-hydroxylation sites is 3. The molecule has 1 aliphatic rings. The number of carbonyl (C=O) groups excluding carboxylic acids is 3. The number of urea groups is 1. The molecule has 1 atom stereocenters. The highest BCUT2D eigenvalue weighted by Crippen LogP contribution is 2.29. The van der Waals surface area contributed by atoms with Gasteiger partial charge in [0, 0.05) is 16.7 Å². The second-order valence-electron chi connectivity index (χ2n) is 9.22. The zero-order valence-electron chi connectivity index (χ0n) is 22.1. The van der Waals surface area contributed by atoms with Crippen molar-refractivity contribution in [1.82, 2.24) is 5.32 Å². The second kappa shape index (κ2) is 11.7. The van der Waals surface area contributed by atoms with Gasteiger partial charge in [0.2, 0.25) is 6.17 Å². The zero-order valence-corrected chi connectivity index (χ0v) is 22.1. The van der Waals surface area contributed by atoms with E-state index in [1.54, 1.807) is 42.5 Å². The summed E-state index contributed by atoms with van der Waals surface area (Å²) in [5, 5.41) is 5.43. The quantitative estimate of drug-likeness (QED) is 0.319. The van der Waals surface area contributed by atoms with Crippen molar-refractivity contribution in [1.29, 1.82) is 0 Å². The fourth-order valence-corrected chi connectivity index (χ4v) is 4.66. The largest absolute Gasteiger partial charge is 0.495 e. The molecule has 0 fully saturated rings. The molecule has 0 radical (unpaired) electrons. The van der Waals surface area contributed by atoms with Crippen LogP contribution in [0, 0.1) is 6.92 Å². The summed E-state index contributed by atoms with van der Waals surface area (Å²) in [6.45, 7) is 1.64. The highest BCUT2D eigenvalue weighted by Gasteiger charge is 2.34. The van der Waals surface area contributed by atoms with Gasteiger partial charge in [-0.3, -0.25) is 9.59 Å². The minimum absolute atomic E-state index is 0.218. The van der Waals surface area contributed by atoms with E-state index in [9.17, 15) is 14.4 Å². The van der Waals surface area contributed by atoms with Gasteiger partial charge >= 0.3 is 6.03 Å². The maximum atomic E-state index is 14.0. The second-order valence-corrected chi connectivity index (χ2v) is 9.22. The van der Waals surface area contributed by atoms with Gasteiger partial charge in [0.25, 0.3) is 5.91 Å². The van der Waals surface area contributed by atoms with Gasteiger partial charge in [-0.1, -0.05) is 84.9 Å². The van der Waals surface area contributed by atoms with Gasteiger partial charge in [0.1, 0.15) is 5.75 Å². The SMILES string of the molecule is COc1ccccc1NC(=O)N[C@@H]1N=C(c2ccccc2)c2ccccc2N(CC(=O)c2ccccc2C)C1=O. The molecular formula is C32H28N4O4. The third-order valence-electron chi connectivity index (χ3n) is 6.63. The third kappa shape index (κ3) is 5.47. The van der Waals surface area contributed by atoms with E-state index in [2.05, 4.69) is 10.6 Å². The molecule has 0 saturated heterocycles. The summed E-state index contributed by atoms with van der Waals surface area (Å²) in [5.74, 6) is -0.284. The lowest BCUT2D eigenvalue weighted by Gasteiger charge is -2.25. The molecule has 0 spiro atoms. The van der Waals surface area contributed by atoms with Crippen LogP contribution in [0.3, 0.4) is 0 Å². The van der Waals surface area contributed by atoms with Crippen molar-refractivity contribution < 1.29 is 19.1 Å². The number of amides is 3. The minimum atomic E-state index is -1.30. The van der Waals surface area contributed by atoms with Gasteiger partial charge < -0.3 is 20.3 Å². The highest BCUT2D eigenvalue weighted by atomic mass is 16.5. The molecule has 0 aromatic heterocycles. The average molecular weight is 533 g/mol. The van der Waals surface area contributed by atoms with Crippen molar-refractivity contribution in [2.45, 2.75) is 13.1 Å². The summed E-state index contributed by atoms with van der Waals surface area (Å²) in [4.78, 5) is 46.8. The first-order valence-corrected chi connectivity index (χ1v) is 12.8.